The third kappa shape index (κ3) is 6.10. The molecule has 4 aromatic rings. The van der Waals surface area contributed by atoms with E-state index in [1.807, 2.05) is 54.1 Å². The van der Waals surface area contributed by atoms with Gasteiger partial charge < -0.3 is 18.9 Å². The van der Waals surface area contributed by atoms with Crippen LogP contribution in [0.5, 0.6) is 5.75 Å². The average molecular weight is 569 g/mol. The van der Waals surface area contributed by atoms with E-state index in [-0.39, 0.29) is 12.3 Å². The second-order valence-corrected chi connectivity index (χ2v) is 10.1. The van der Waals surface area contributed by atoms with Gasteiger partial charge in [-0.3, -0.25) is 9.97 Å². The summed E-state index contributed by atoms with van der Waals surface area (Å²) in [7, 11) is 3.17. The molecule has 5 rings (SSSR count). The number of hydrogen-bond acceptors (Lipinski definition) is 7. The summed E-state index contributed by atoms with van der Waals surface area (Å²) in [6.07, 6.45) is 11.0. The Morgan fingerprint density at radius 2 is 1.82 bits per heavy atom. The molecule has 10 heteroatoms. The minimum atomic E-state index is -0.504. The molecule has 1 aliphatic heterocycles. The number of fused-ring (bicyclic) bond motifs is 1. The fourth-order valence-electron chi connectivity index (χ4n) is 4.72. The molecule has 1 aliphatic rings. The Labute approximate surface area is 237 Å². The van der Waals surface area contributed by atoms with Crippen LogP contribution in [0, 0.1) is 0 Å². The van der Waals surface area contributed by atoms with E-state index in [0.717, 1.165) is 48.0 Å². The Hall–Kier alpha value is -3.01. The van der Waals surface area contributed by atoms with E-state index in [4.69, 9.17) is 47.2 Å². The van der Waals surface area contributed by atoms with Gasteiger partial charge in [-0.2, -0.15) is 5.10 Å². The topological polar surface area (TPSA) is 80.5 Å². The van der Waals surface area contributed by atoms with Crippen LogP contribution in [0.2, 0.25) is 10.0 Å². The summed E-state index contributed by atoms with van der Waals surface area (Å²) in [6.45, 7) is 2.64. The van der Waals surface area contributed by atoms with Crippen molar-refractivity contribution in [3.8, 4) is 5.75 Å². The molecule has 4 heterocycles. The first-order valence-electron chi connectivity index (χ1n) is 12.8. The number of rotatable bonds is 9. The molecule has 3 aromatic heterocycles. The molecule has 0 saturated carbocycles. The van der Waals surface area contributed by atoms with Crippen LogP contribution >= 0.6 is 23.2 Å². The second kappa shape index (κ2) is 12.4. The van der Waals surface area contributed by atoms with Crippen molar-refractivity contribution in [3.05, 3.63) is 81.5 Å². The van der Waals surface area contributed by atoms with Crippen molar-refractivity contribution in [2.75, 3.05) is 20.8 Å². The van der Waals surface area contributed by atoms with E-state index >= 15 is 0 Å². The summed E-state index contributed by atoms with van der Waals surface area (Å²) in [4.78, 5) is 8.50. The normalized spacial score (nSPS) is 16.8. The van der Waals surface area contributed by atoms with E-state index in [0.29, 0.717) is 27.1 Å². The van der Waals surface area contributed by atoms with Crippen LogP contribution < -0.4 is 4.74 Å². The molecule has 0 N–H and O–H groups in total. The van der Waals surface area contributed by atoms with Gasteiger partial charge in [0.15, 0.2) is 6.23 Å². The summed E-state index contributed by atoms with van der Waals surface area (Å²) in [5, 5.41) is 6.81. The Morgan fingerprint density at radius 1 is 1.03 bits per heavy atom. The predicted octanol–water partition coefficient (Wildman–Crippen LogP) is 7.43. The van der Waals surface area contributed by atoms with Crippen LogP contribution in [0.15, 0.2) is 48.9 Å². The first kappa shape index (κ1) is 27.6. The molecule has 1 saturated heterocycles. The Morgan fingerprint density at radius 3 is 2.49 bits per heavy atom. The Bertz CT molecular complexity index is 1430. The molecule has 1 aromatic carbocycles. The van der Waals surface area contributed by atoms with Gasteiger partial charge in [0.2, 0.25) is 6.29 Å². The van der Waals surface area contributed by atoms with E-state index < -0.39 is 6.29 Å². The van der Waals surface area contributed by atoms with Crippen molar-refractivity contribution in [3.63, 3.8) is 0 Å². The SMILES string of the molecule is COC(OC)c1ccc(/C=C/c2nn(C3CCCCO3)c3ccc(O[C@H](C)c4c(Cl)cncc4Cl)cc23)cn1. The highest BCUT2D eigenvalue weighted by Crippen LogP contribution is 2.35. The summed E-state index contributed by atoms with van der Waals surface area (Å²) in [5.74, 6) is 0.675. The summed E-state index contributed by atoms with van der Waals surface area (Å²) < 4.78 is 24.9. The zero-order chi connectivity index (χ0) is 27.4. The van der Waals surface area contributed by atoms with E-state index in [1.165, 1.54) is 0 Å². The van der Waals surface area contributed by atoms with Crippen LogP contribution in [0.3, 0.4) is 0 Å². The number of ether oxygens (including phenoxy) is 4. The van der Waals surface area contributed by atoms with Crippen LogP contribution in [0.25, 0.3) is 23.1 Å². The van der Waals surface area contributed by atoms with Crippen molar-refractivity contribution < 1.29 is 18.9 Å². The molecule has 0 bridgehead atoms. The number of aromatic nitrogens is 4. The highest BCUT2D eigenvalue weighted by molar-refractivity contribution is 6.35. The molecule has 39 heavy (non-hydrogen) atoms. The highest BCUT2D eigenvalue weighted by atomic mass is 35.5. The van der Waals surface area contributed by atoms with Gasteiger partial charge in [-0.15, -0.1) is 0 Å². The van der Waals surface area contributed by atoms with Gasteiger partial charge in [0, 0.05) is 50.4 Å². The van der Waals surface area contributed by atoms with E-state index in [2.05, 4.69) is 9.97 Å². The summed E-state index contributed by atoms with van der Waals surface area (Å²) in [6, 6.07) is 9.78. The summed E-state index contributed by atoms with van der Waals surface area (Å²) >= 11 is 12.7. The van der Waals surface area contributed by atoms with Gasteiger partial charge in [0.05, 0.1) is 26.9 Å². The van der Waals surface area contributed by atoms with Gasteiger partial charge in [0.25, 0.3) is 0 Å². The average Bonchev–Trinajstić information content (AvgIpc) is 3.31. The van der Waals surface area contributed by atoms with E-state index in [9.17, 15) is 0 Å². The molecule has 0 amide bonds. The first-order chi connectivity index (χ1) is 19.0. The quantitative estimate of drug-likeness (QED) is 0.194. The largest absolute Gasteiger partial charge is 0.486 e. The van der Waals surface area contributed by atoms with Crippen LogP contribution in [-0.4, -0.2) is 40.6 Å². The number of halogens is 2. The monoisotopic (exact) mass is 568 g/mol. The smallest absolute Gasteiger partial charge is 0.200 e. The Kier molecular flexibility index (Phi) is 8.79. The zero-order valence-corrected chi connectivity index (χ0v) is 23.5. The molecular formula is C29H30Cl2N4O4. The molecule has 204 valence electrons. The second-order valence-electron chi connectivity index (χ2n) is 9.26. The maximum absolute atomic E-state index is 6.36. The maximum Gasteiger partial charge on any atom is 0.200 e. The number of nitrogens with zero attached hydrogens (tertiary/aromatic N) is 4. The lowest BCUT2D eigenvalue weighted by Gasteiger charge is -2.23. The van der Waals surface area contributed by atoms with Crippen molar-refractivity contribution in [2.45, 2.75) is 44.8 Å². The van der Waals surface area contributed by atoms with Crippen molar-refractivity contribution >= 4 is 46.3 Å². The fourth-order valence-corrected chi connectivity index (χ4v) is 5.39. The van der Waals surface area contributed by atoms with Crippen molar-refractivity contribution in [1.29, 1.82) is 0 Å². The predicted molar refractivity (Wildman–Crippen MR) is 152 cm³/mol. The molecule has 2 atom stereocenters. The van der Waals surface area contributed by atoms with Gasteiger partial charge in [-0.05, 0) is 62.1 Å². The molecule has 1 fully saturated rings. The van der Waals surface area contributed by atoms with Gasteiger partial charge in [-0.1, -0.05) is 35.3 Å². The highest BCUT2D eigenvalue weighted by Gasteiger charge is 2.22. The number of benzene rings is 1. The van der Waals surface area contributed by atoms with Crippen LogP contribution in [-0.2, 0) is 14.2 Å². The van der Waals surface area contributed by atoms with Gasteiger partial charge in [-0.25, -0.2) is 4.68 Å². The van der Waals surface area contributed by atoms with Gasteiger partial charge in [0.1, 0.15) is 11.9 Å². The number of pyridine rings is 2. The maximum atomic E-state index is 6.36. The lowest BCUT2D eigenvalue weighted by molar-refractivity contribution is -0.108. The first-order valence-corrected chi connectivity index (χ1v) is 13.5. The third-order valence-electron chi connectivity index (χ3n) is 6.66. The van der Waals surface area contributed by atoms with Crippen LogP contribution in [0.1, 0.15) is 67.3 Å². The van der Waals surface area contributed by atoms with E-state index in [1.54, 1.807) is 32.8 Å². The molecule has 1 unspecified atom stereocenters. The van der Waals surface area contributed by atoms with Crippen molar-refractivity contribution in [1.82, 2.24) is 19.7 Å². The van der Waals surface area contributed by atoms with Crippen LogP contribution in [0.4, 0.5) is 0 Å². The zero-order valence-electron chi connectivity index (χ0n) is 22.0. The van der Waals surface area contributed by atoms with Gasteiger partial charge >= 0.3 is 0 Å². The Balaban J connectivity index is 1.47. The molecular weight excluding hydrogens is 539 g/mol. The van der Waals surface area contributed by atoms with Crippen molar-refractivity contribution in [2.24, 2.45) is 0 Å². The summed E-state index contributed by atoms with van der Waals surface area (Å²) in [5.41, 5.74) is 4.09. The minimum Gasteiger partial charge on any atom is -0.486 e. The number of methoxy groups -OCH3 is 2. The fraction of sp³-hybridized carbons (Fsp3) is 0.345. The lowest BCUT2D eigenvalue weighted by Crippen LogP contribution is -2.19. The molecule has 0 radical (unpaired) electrons. The molecule has 0 spiro atoms. The minimum absolute atomic E-state index is 0.107. The molecule has 8 nitrogen and oxygen atoms in total. The third-order valence-corrected chi connectivity index (χ3v) is 7.26. The standard InChI is InChI=1S/C29H30Cl2N4O4/c1-18(28-22(30)16-32-17-23(28)31)39-20-9-12-26-21(14-20)24(34-35(26)27-6-4-5-13-38-27)10-7-19-8-11-25(33-15-19)29(36-2)37-3/h7-12,14-18,27,29H,4-6,13H2,1-3H3/b10-7+/t18-,27?/m1/s1. The lowest BCUT2D eigenvalue weighted by atomic mass is 10.1. The molecule has 0 aliphatic carbocycles. The number of hydrogen-bond donors (Lipinski definition) is 0.